The Morgan fingerprint density at radius 2 is 2.14 bits per heavy atom. The van der Waals surface area contributed by atoms with Crippen molar-refractivity contribution in [1.82, 2.24) is 10.3 Å². The number of hydrogen-bond donors (Lipinski definition) is 1. The summed E-state index contributed by atoms with van der Waals surface area (Å²) in [6.07, 6.45) is 2.84. The highest BCUT2D eigenvalue weighted by atomic mass is 79.9. The first kappa shape index (κ1) is 15.5. The fraction of sp³-hybridized carbons (Fsp3) is 0.250. The molecule has 1 aromatic heterocycles. The first-order chi connectivity index (χ1) is 10.2. The molecule has 0 aliphatic carbocycles. The molecule has 21 heavy (non-hydrogen) atoms. The van der Waals surface area contributed by atoms with Crippen LogP contribution in [-0.2, 0) is 11.3 Å². The number of hydrogen-bond acceptors (Lipinski definition) is 3. The third kappa shape index (κ3) is 5.95. The number of aromatic nitrogens is 1. The molecule has 110 valence electrons. The van der Waals surface area contributed by atoms with Crippen LogP contribution in [0.5, 0.6) is 5.75 Å². The molecule has 5 heteroatoms. The standard InChI is InChI=1S/C16H17BrN2O2/c17-13-5-3-7-15(11-13)21-10-4-8-16(20)19-12-14-6-1-2-9-18-14/h1-3,5-7,9,11H,4,8,10,12H2,(H,19,20). The third-order valence-corrected chi connectivity index (χ3v) is 3.30. The summed E-state index contributed by atoms with van der Waals surface area (Å²) in [5.41, 5.74) is 0.858. The van der Waals surface area contributed by atoms with E-state index in [4.69, 9.17) is 4.74 Å². The van der Waals surface area contributed by atoms with Gasteiger partial charge in [0, 0.05) is 17.1 Å². The Morgan fingerprint density at radius 3 is 2.90 bits per heavy atom. The molecule has 0 saturated carbocycles. The van der Waals surface area contributed by atoms with Crippen LogP contribution in [-0.4, -0.2) is 17.5 Å². The van der Waals surface area contributed by atoms with Crippen molar-refractivity contribution in [3.05, 3.63) is 58.8 Å². The van der Waals surface area contributed by atoms with Crippen molar-refractivity contribution < 1.29 is 9.53 Å². The van der Waals surface area contributed by atoms with Crippen LogP contribution in [0.25, 0.3) is 0 Å². The molecule has 1 amide bonds. The maximum absolute atomic E-state index is 11.7. The lowest BCUT2D eigenvalue weighted by atomic mass is 10.3. The quantitative estimate of drug-likeness (QED) is 0.781. The van der Waals surface area contributed by atoms with Gasteiger partial charge in [-0.05, 0) is 36.8 Å². The summed E-state index contributed by atoms with van der Waals surface area (Å²) in [5.74, 6) is 0.816. The summed E-state index contributed by atoms with van der Waals surface area (Å²) in [5, 5.41) is 2.84. The maximum Gasteiger partial charge on any atom is 0.220 e. The SMILES string of the molecule is O=C(CCCOc1cccc(Br)c1)NCc1ccccn1. The molecule has 2 rings (SSSR count). The zero-order valence-electron chi connectivity index (χ0n) is 11.6. The van der Waals surface area contributed by atoms with Crippen LogP contribution >= 0.6 is 15.9 Å². The number of carbonyl (C=O) groups excluding carboxylic acids is 1. The summed E-state index contributed by atoms with van der Waals surface area (Å²) < 4.78 is 6.56. The van der Waals surface area contributed by atoms with Crippen LogP contribution in [0.1, 0.15) is 18.5 Å². The number of benzene rings is 1. The predicted octanol–water partition coefficient (Wildman–Crippen LogP) is 3.32. The van der Waals surface area contributed by atoms with Crippen molar-refractivity contribution in [2.75, 3.05) is 6.61 Å². The fourth-order valence-electron chi connectivity index (χ4n) is 1.76. The van der Waals surface area contributed by atoms with Crippen LogP contribution in [0, 0.1) is 0 Å². The molecule has 0 unspecified atom stereocenters. The van der Waals surface area contributed by atoms with E-state index < -0.39 is 0 Å². The fourth-order valence-corrected chi connectivity index (χ4v) is 2.14. The molecular weight excluding hydrogens is 332 g/mol. The van der Waals surface area contributed by atoms with Gasteiger partial charge in [0.05, 0.1) is 18.8 Å². The van der Waals surface area contributed by atoms with Crippen LogP contribution in [0.15, 0.2) is 53.1 Å². The number of nitrogens with zero attached hydrogens (tertiary/aromatic N) is 1. The number of ether oxygens (including phenoxy) is 1. The smallest absolute Gasteiger partial charge is 0.220 e. The van der Waals surface area contributed by atoms with Gasteiger partial charge in [0.2, 0.25) is 5.91 Å². The molecule has 0 saturated heterocycles. The van der Waals surface area contributed by atoms with Gasteiger partial charge in [-0.25, -0.2) is 0 Å². The van der Waals surface area contributed by atoms with Gasteiger partial charge >= 0.3 is 0 Å². The first-order valence-corrected chi connectivity index (χ1v) is 7.58. The Bertz CT molecular complexity index is 575. The lowest BCUT2D eigenvalue weighted by molar-refractivity contribution is -0.121. The second kappa shape index (κ2) is 8.42. The normalized spacial score (nSPS) is 10.1. The van der Waals surface area contributed by atoms with E-state index in [1.807, 2.05) is 42.5 Å². The molecule has 0 spiro atoms. The highest BCUT2D eigenvalue weighted by molar-refractivity contribution is 9.10. The summed E-state index contributed by atoms with van der Waals surface area (Å²) >= 11 is 3.39. The van der Waals surface area contributed by atoms with E-state index >= 15 is 0 Å². The number of carbonyl (C=O) groups is 1. The lowest BCUT2D eigenvalue weighted by Gasteiger charge is -2.07. The second-order valence-corrected chi connectivity index (χ2v) is 5.42. The van der Waals surface area contributed by atoms with Crippen molar-refractivity contribution in [3.63, 3.8) is 0 Å². The molecule has 0 aliphatic rings. The van der Waals surface area contributed by atoms with Gasteiger partial charge in [-0.3, -0.25) is 9.78 Å². The largest absolute Gasteiger partial charge is 0.494 e. The Hall–Kier alpha value is -1.88. The van der Waals surface area contributed by atoms with E-state index in [0.29, 0.717) is 26.0 Å². The van der Waals surface area contributed by atoms with Crippen LogP contribution in [0.3, 0.4) is 0 Å². The Balaban J connectivity index is 1.61. The van der Waals surface area contributed by atoms with Crippen molar-refractivity contribution in [2.45, 2.75) is 19.4 Å². The molecule has 4 nitrogen and oxygen atoms in total. The second-order valence-electron chi connectivity index (χ2n) is 4.51. The van der Waals surface area contributed by atoms with E-state index in [9.17, 15) is 4.79 Å². The van der Waals surface area contributed by atoms with Gasteiger partial charge in [-0.1, -0.05) is 28.1 Å². The highest BCUT2D eigenvalue weighted by Crippen LogP contribution is 2.17. The average molecular weight is 349 g/mol. The van der Waals surface area contributed by atoms with Gasteiger partial charge in [-0.15, -0.1) is 0 Å². The molecule has 0 bridgehead atoms. The molecular formula is C16H17BrN2O2. The van der Waals surface area contributed by atoms with Crippen molar-refractivity contribution in [2.24, 2.45) is 0 Å². The van der Waals surface area contributed by atoms with Crippen molar-refractivity contribution in [1.29, 1.82) is 0 Å². The molecule has 2 aromatic rings. The van der Waals surface area contributed by atoms with Crippen LogP contribution in [0.4, 0.5) is 0 Å². The van der Waals surface area contributed by atoms with E-state index in [-0.39, 0.29) is 5.91 Å². The van der Waals surface area contributed by atoms with Crippen LogP contribution < -0.4 is 10.1 Å². The van der Waals surface area contributed by atoms with Gasteiger partial charge < -0.3 is 10.1 Å². The molecule has 0 radical (unpaired) electrons. The Morgan fingerprint density at radius 1 is 1.24 bits per heavy atom. The predicted molar refractivity (Wildman–Crippen MR) is 85.0 cm³/mol. The summed E-state index contributed by atoms with van der Waals surface area (Å²) in [6, 6.07) is 13.3. The Labute approximate surface area is 132 Å². The number of nitrogens with one attached hydrogen (secondary N) is 1. The summed E-state index contributed by atoms with van der Waals surface area (Å²) in [6.45, 7) is 0.986. The monoisotopic (exact) mass is 348 g/mol. The zero-order chi connectivity index (χ0) is 14.9. The molecule has 0 fully saturated rings. The minimum absolute atomic E-state index is 0.0125. The number of pyridine rings is 1. The van der Waals surface area contributed by atoms with E-state index in [2.05, 4.69) is 26.2 Å². The zero-order valence-corrected chi connectivity index (χ0v) is 13.2. The van der Waals surface area contributed by atoms with Gasteiger partial charge in [-0.2, -0.15) is 0 Å². The molecule has 1 heterocycles. The number of halogens is 1. The van der Waals surface area contributed by atoms with Gasteiger partial charge in [0.25, 0.3) is 0 Å². The average Bonchev–Trinajstić information content (AvgIpc) is 2.51. The molecule has 1 N–H and O–H groups in total. The number of rotatable bonds is 7. The molecule has 0 aliphatic heterocycles. The van der Waals surface area contributed by atoms with Gasteiger partial charge in [0.1, 0.15) is 5.75 Å². The topological polar surface area (TPSA) is 51.2 Å². The van der Waals surface area contributed by atoms with Crippen molar-refractivity contribution in [3.8, 4) is 5.75 Å². The lowest BCUT2D eigenvalue weighted by Crippen LogP contribution is -2.23. The van der Waals surface area contributed by atoms with Crippen molar-refractivity contribution >= 4 is 21.8 Å². The minimum atomic E-state index is 0.0125. The van der Waals surface area contributed by atoms with E-state index in [1.54, 1.807) is 6.20 Å². The minimum Gasteiger partial charge on any atom is -0.494 e. The number of amides is 1. The van der Waals surface area contributed by atoms with E-state index in [0.717, 1.165) is 15.9 Å². The molecule has 0 atom stereocenters. The summed E-state index contributed by atoms with van der Waals surface area (Å²) in [7, 11) is 0. The Kier molecular flexibility index (Phi) is 6.22. The van der Waals surface area contributed by atoms with E-state index in [1.165, 1.54) is 0 Å². The van der Waals surface area contributed by atoms with Gasteiger partial charge in [0.15, 0.2) is 0 Å². The van der Waals surface area contributed by atoms with Crippen LogP contribution in [0.2, 0.25) is 0 Å². The molecule has 1 aromatic carbocycles. The third-order valence-electron chi connectivity index (χ3n) is 2.81. The maximum atomic E-state index is 11.7. The highest BCUT2D eigenvalue weighted by Gasteiger charge is 2.02. The summed E-state index contributed by atoms with van der Waals surface area (Å²) in [4.78, 5) is 15.8. The first-order valence-electron chi connectivity index (χ1n) is 6.79.